The van der Waals surface area contributed by atoms with Crippen LogP contribution >= 0.6 is 11.3 Å². The van der Waals surface area contributed by atoms with Crippen molar-refractivity contribution in [3.8, 4) is 0 Å². The monoisotopic (exact) mass is 302 g/mol. The van der Waals surface area contributed by atoms with E-state index >= 15 is 0 Å². The average Bonchev–Trinajstić information content (AvgIpc) is 2.93. The quantitative estimate of drug-likeness (QED) is 0.773. The third kappa shape index (κ3) is 4.85. The van der Waals surface area contributed by atoms with E-state index in [1.54, 1.807) is 11.3 Å². The molecule has 1 heterocycles. The first-order valence-corrected chi connectivity index (χ1v) is 8.64. The predicted molar refractivity (Wildman–Crippen MR) is 93.2 cm³/mol. The molecule has 2 aromatic rings. The molecule has 0 spiro atoms. The average molecular weight is 302 g/mol. The zero-order chi connectivity index (χ0) is 15.3. The Morgan fingerprint density at radius 1 is 1.14 bits per heavy atom. The largest absolute Gasteiger partial charge is 0.379 e. The molecule has 21 heavy (non-hydrogen) atoms. The Hall–Kier alpha value is -1.35. The third-order valence-corrected chi connectivity index (χ3v) is 4.39. The first-order valence-electron chi connectivity index (χ1n) is 7.76. The minimum absolute atomic E-state index is 0.135. The van der Waals surface area contributed by atoms with Gasteiger partial charge in [0.05, 0.1) is 12.2 Å². The number of hydrogen-bond donors (Lipinski definition) is 1. The van der Waals surface area contributed by atoms with Gasteiger partial charge >= 0.3 is 0 Å². The number of aromatic nitrogens is 1. The zero-order valence-corrected chi connectivity index (χ0v) is 14.4. The Morgan fingerprint density at radius 2 is 1.86 bits per heavy atom. The highest BCUT2D eigenvalue weighted by atomic mass is 32.1. The molecule has 1 aromatic heterocycles. The summed E-state index contributed by atoms with van der Waals surface area (Å²) in [5.41, 5.74) is 3.91. The number of aryl methyl sites for hydroxylation is 1. The van der Waals surface area contributed by atoms with Crippen LogP contribution in [-0.2, 0) is 18.4 Å². The maximum absolute atomic E-state index is 4.71. The highest BCUT2D eigenvalue weighted by Gasteiger charge is 2.17. The Bertz CT molecular complexity index is 549. The molecular formula is C18H26N2S. The molecule has 0 saturated heterocycles. The van der Waals surface area contributed by atoms with Crippen molar-refractivity contribution in [2.75, 3.05) is 5.32 Å². The molecule has 0 aliphatic heterocycles. The normalized spacial score (nSPS) is 11.6. The lowest BCUT2D eigenvalue weighted by Gasteiger charge is -2.14. The minimum atomic E-state index is 0.135. The van der Waals surface area contributed by atoms with Gasteiger partial charge in [0.25, 0.3) is 0 Å². The van der Waals surface area contributed by atoms with Crippen LogP contribution in [0.5, 0.6) is 0 Å². The van der Waals surface area contributed by atoms with Gasteiger partial charge in [0, 0.05) is 16.5 Å². The number of unbranched alkanes of at least 4 members (excludes halogenated alkanes) is 1. The van der Waals surface area contributed by atoms with Gasteiger partial charge in [0.2, 0.25) is 0 Å². The van der Waals surface area contributed by atoms with Gasteiger partial charge in [0.15, 0.2) is 0 Å². The lowest BCUT2D eigenvalue weighted by molar-refractivity contribution is 0.571. The molecule has 0 aliphatic carbocycles. The van der Waals surface area contributed by atoms with Crippen molar-refractivity contribution in [1.82, 2.24) is 4.98 Å². The van der Waals surface area contributed by atoms with E-state index in [-0.39, 0.29) is 5.41 Å². The van der Waals surface area contributed by atoms with Crippen LogP contribution in [-0.4, -0.2) is 4.98 Å². The Balaban J connectivity index is 1.89. The van der Waals surface area contributed by atoms with Crippen molar-refractivity contribution >= 4 is 17.0 Å². The van der Waals surface area contributed by atoms with E-state index in [1.165, 1.54) is 36.2 Å². The maximum Gasteiger partial charge on any atom is 0.112 e. The number of nitrogens with one attached hydrogen (secondary N) is 1. The van der Waals surface area contributed by atoms with Gasteiger partial charge in [-0.1, -0.05) is 46.2 Å². The number of hydrogen-bond acceptors (Lipinski definition) is 3. The van der Waals surface area contributed by atoms with Crippen LogP contribution in [0.3, 0.4) is 0 Å². The lowest BCUT2D eigenvalue weighted by Crippen LogP contribution is -2.11. The molecule has 0 radical (unpaired) electrons. The van der Waals surface area contributed by atoms with E-state index in [1.807, 2.05) is 0 Å². The second-order valence-corrected chi connectivity index (χ2v) is 7.47. The third-order valence-electron chi connectivity index (χ3n) is 3.54. The smallest absolute Gasteiger partial charge is 0.112 e. The summed E-state index contributed by atoms with van der Waals surface area (Å²) < 4.78 is 0. The van der Waals surface area contributed by atoms with E-state index in [2.05, 4.69) is 62.7 Å². The van der Waals surface area contributed by atoms with Gasteiger partial charge in [-0.25, -0.2) is 4.98 Å². The van der Waals surface area contributed by atoms with Crippen molar-refractivity contribution in [3.05, 3.63) is 45.9 Å². The van der Waals surface area contributed by atoms with Crippen LogP contribution in [0, 0.1) is 0 Å². The fraction of sp³-hybridized carbons (Fsp3) is 0.500. The molecule has 2 nitrogen and oxygen atoms in total. The number of benzene rings is 1. The van der Waals surface area contributed by atoms with Gasteiger partial charge < -0.3 is 5.32 Å². The summed E-state index contributed by atoms with van der Waals surface area (Å²) in [4.78, 5) is 4.71. The van der Waals surface area contributed by atoms with E-state index in [4.69, 9.17) is 4.98 Å². The topological polar surface area (TPSA) is 24.9 Å². The van der Waals surface area contributed by atoms with Gasteiger partial charge in [0.1, 0.15) is 5.01 Å². The Labute approximate surface area is 132 Å². The van der Waals surface area contributed by atoms with E-state index < -0.39 is 0 Å². The van der Waals surface area contributed by atoms with E-state index in [9.17, 15) is 0 Å². The molecular weight excluding hydrogens is 276 g/mol. The molecule has 0 fully saturated rings. The summed E-state index contributed by atoms with van der Waals surface area (Å²) in [5.74, 6) is 0. The molecule has 0 aliphatic rings. The Morgan fingerprint density at radius 3 is 2.43 bits per heavy atom. The van der Waals surface area contributed by atoms with E-state index in [0.717, 1.165) is 11.6 Å². The predicted octanol–water partition coefficient (Wildman–Crippen LogP) is 5.40. The summed E-state index contributed by atoms with van der Waals surface area (Å²) in [6.45, 7) is 9.64. The fourth-order valence-corrected chi connectivity index (χ4v) is 3.04. The molecule has 2 rings (SSSR count). The van der Waals surface area contributed by atoms with Crippen LogP contribution in [0.15, 0.2) is 29.6 Å². The summed E-state index contributed by atoms with van der Waals surface area (Å²) >= 11 is 1.74. The molecule has 0 amide bonds. The summed E-state index contributed by atoms with van der Waals surface area (Å²) in [6, 6.07) is 8.79. The van der Waals surface area contributed by atoms with Gasteiger partial charge in [-0.3, -0.25) is 0 Å². The molecule has 0 bridgehead atoms. The molecule has 114 valence electrons. The second kappa shape index (κ2) is 7.08. The van der Waals surface area contributed by atoms with Crippen molar-refractivity contribution in [2.24, 2.45) is 0 Å². The van der Waals surface area contributed by atoms with Crippen molar-refractivity contribution < 1.29 is 0 Å². The molecule has 3 heteroatoms. The first kappa shape index (κ1) is 16.0. The van der Waals surface area contributed by atoms with Gasteiger partial charge in [-0.15, -0.1) is 11.3 Å². The van der Waals surface area contributed by atoms with E-state index in [0.29, 0.717) is 0 Å². The maximum atomic E-state index is 4.71. The first-order chi connectivity index (χ1) is 9.99. The number of rotatable bonds is 6. The molecule has 0 saturated carbocycles. The molecule has 0 atom stereocenters. The summed E-state index contributed by atoms with van der Waals surface area (Å²) in [6.07, 6.45) is 3.69. The summed E-state index contributed by atoms with van der Waals surface area (Å²) in [5, 5.41) is 6.78. The highest BCUT2D eigenvalue weighted by molar-refractivity contribution is 7.09. The SMILES string of the molecule is CCCCc1ccc(NCc2nc(C(C)(C)C)cs2)cc1. The second-order valence-electron chi connectivity index (χ2n) is 6.53. The van der Waals surface area contributed by atoms with Gasteiger partial charge in [-0.2, -0.15) is 0 Å². The lowest BCUT2D eigenvalue weighted by atomic mass is 9.93. The summed E-state index contributed by atoms with van der Waals surface area (Å²) in [7, 11) is 0. The Kier molecular flexibility index (Phi) is 5.40. The number of thiazole rings is 1. The van der Waals surface area contributed by atoms with Crippen LogP contribution in [0.25, 0.3) is 0 Å². The van der Waals surface area contributed by atoms with Crippen LogP contribution in [0.4, 0.5) is 5.69 Å². The minimum Gasteiger partial charge on any atom is -0.379 e. The van der Waals surface area contributed by atoms with Crippen molar-refractivity contribution in [2.45, 2.75) is 58.9 Å². The zero-order valence-electron chi connectivity index (χ0n) is 13.6. The van der Waals surface area contributed by atoms with Crippen LogP contribution in [0.2, 0.25) is 0 Å². The fourth-order valence-electron chi connectivity index (χ4n) is 2.08. The molecule has 0 unspecified atom stereocenters. The van der Waals surface area contributed by atoms with Crippen LogP contribution in [0.1, 0.15) is 56.8 Å². The number of anilines is 1. The number of nitrogens with zero attached hydrogens (tertiary/aromatic N) is 1. The molecule has 1 aromatic carbocycles. The van der Waals surface area contributed by atoms with Crippen molar-refractivity contribution in [1.29, 1.82) is 0 Å². The molecule has 1 N–H and O–H groups in total. The van der Waals surface area contributed by atoms with Crippen LogP contribution < -0.4 is 5.32 Å². The highest BCUT2D eigenvalue weighted by Crippen LogP contribution is 2.24. The van der Waals surface area contributed by atoms with Crippen molar-refractivity contribution in [3.63, 3.8) is 0 Å². The standard InChI is InChI=1S/C18H26N2S/c1-5-6-7-14-8-10-15(11-9-14)19-12-17-20-16(13-21-17)18(2,3)4/h8-11,13,19H,5-7,12H2,1-4H3. The van der Waals surface area contributed by atoms with Gasteiger partial charge in [-0.05, 0) is 30.5 Å².